The van der Waals surface area contributed by atoms with E-state index in [0.717, 1.165) is 27.3 Å². The van der Waals surface area contributed by atoms with Crippen molar-refractivity contribution in [2.45, 2.75) is 27.7 Å². The SMILES string of the molecule is CC(=O)Nc1nnc(-c2cc(C)c(Cl)c(C)c2C)o1. The smallest absolute Gasteiger partial charge is 0.322 e. The van der Waals surface area contributed by atoms with Gasteiger partial charge >= 0.3 is 6.01 Å². The largest absolute Gasteiger partial charge is 0.403 e. The van der Waals surface area contributed by atoms with Crippen molar-refractivity contribution in [3.05, 3.63) is 27.8 Å². The predicted octanol–water partition coefficient (Wildman–Crippen LogP) is 3.27. The third kappa shape index (κ3) is 2.61. The minimum atomic E-state index is -0.254. The number of nitrogens with one attached hydrogen (secondary N) is 1. The number of carbonyl (C=O) groups excluding carboxylic acids is 1. The number of nitrogens with zero attached hydrogens (tertiary/aromatic N) is 2. The average Bonchev–Trinajstić information content (AvgIpc) is 2.78. The van der Waals surface area contributed by atoms with Crippen molar-refractivity contribution in [1.29, 1.82) is 0 Å². The lowest BCUT2D eigenvalue weighted by molar-refractivity contribution is -0.114. The predicted molar refractivity (Wildman–Crippen MR) is 73.3 cm³/mol. The standard InChI is InChI=1S/C13H14ClN3O2/c1-6-5-10(7(2)8(3)11(6)14)12-16-17-13(19-12)15-9(4)18/h5H,1-4H3,(H,15,17,18). The van der Waals surface area contributed by atoms with Crippen LogP contribution in [0.3, 0.4) is 0 Å². The Morgan fingerprint density at radius 1 is 1.26 bits per heavy atom. The molecular weight excluding hydrogens is 266 g/mol. The van der Waals surface area contributed by atoms with Crippen molar-refractivity contribution < 1.29 is 9.21 Å². The molecule has 1 heterocycles. The summed E-state index contributed by atoms with van der Waals surface area (Å²) >= 11 is 6.19. The molecule has 1 aromatic heterocycles. The van der Waals surface area contributed by atoms with Gasteiger partial charge in [-0.3, -0.25) is 10.1 Å². The second-order valence-electron chi connectivity index (χ2n) is 4.40. The fourth-order valence-corrected chi connectivity index (χ4v) is 2.00. The number of benzene rings is 1. The number of aryl methyl sites for hydroxylation is 1. The van der Waals surface area contributed by atoms with E-state index in [0.29, 0.717) is 5.89 Å². The molecule has 0 atom stereocenters. The second kappa shape index (κ2) is 5.01. The minimum Gasteiger partial charge on any atom is -0.403 e. The number of rotatable bonds is 2. The molecule has 0 bridgehead atoms. The molecule has 1 amide bonds. The Bertz CT molecular complexity index is 650. The highest BCUT2D eigenvalue weighted by Gasteiger charge is 2.15. The number of amides is 1. The van der Waals surface area contributed by atoms with E-state index >= 15 is 0 Å². The Labute approximate surface area is 116 Å². The molecule has 5 nitrogen and oxygen atoms in total. The number of aromatic nitrogens is 2. The summed E-state index contributed by atoms with van der Waals surface area (Å²) in [7, 11) is 0. The first-order chi connectivity index (χ1) is 8.90. The number of halogens is 1. The second-order valence-corrected chi connectivity index (χ2v) is 4.78. The van der Waals surface area contributed by atoms with Crippen molar-refractivity contribution >= 4 is 23.5 Å². The number of hydrogen-bond donors (Lipinski definition) is 1. The first kappa shape index (κ1) is 13.5. The number of carbonyl (C=O) groups is 1. The molecule has 0 fully saturated rings. The topological polar surface area (TPSA) is 68.0 Å². The molecule has 6 heteroatoms. The molecule has 0 radical (unpaired) electrons. The van der Waals surface area contributed by atoms with Crippen molar-refractivity contribution in [3.63, 3.8) is 0 Å². The van der Waals surface area contributed by atoms with Crippen LogP contribution in [0, 0.1) is 20.8 Å². The van der Waals surface area contributed by atoms with Crippen LogP contribution in [0.5, 0.6) is 0 Å². The Hall–Kier alpha value is -1.88. The molecule has 19 heavy (non-hydrogen) atoms. The zero-order valence-electron chi connectivity index (χ0n) is 11.2. The zero-order chi connectivity index (χ0) is 14.2. The first-order valence-corrected chi connectivity index (χ1v) is 6.15. The molecule has 2 aromatic rings. The highest BCUT2D eigenvalue weighted by atomic mass is 35.5. The van der Waals surface area contributed by atoms with E-state index in [-0.39, 0.29) is 11.9 Å². The molecule has 0 spiro atoms. The maximum absolute atomic E-state index is 10.9. The van der Waals surface area contributed by atoms with Crippen molar-refractivity contribution in [3.8, 4) is 11.5 Å². The lowest BCUT2D eigenvalue weighted by Gasteiger charge is -2.10. The lowest BCUT2D eigenvalue weighted by Crippen LogP contribution is -2.05. The fraction of sp³-hybridized carbons (Fsp3) is 0.308. The third-order valence-electron chi connectivity index (χ3n) is 2.94. The molecule has 0 saturated heterocycles. The van der Waals surface area contributed by atoms with Gasteiger partial charge in [-0.15, -0.1) is 5.10 Å². The summed E-state index contributed by atoms with van der Waals surface area (Å²) in [5.74, 6) is 0.111. The van der Waals surface area contributed by atoms with Crippen LogP contribution in [-0.4, -0.2) is 16.1 Å². The molecule has 100 valence electrons. The van der Waals surface area contributed by atoms with Gasteiger partial charge in [0, 0.05) is 17.5 Å². The van der Waals surface area contributed by atoms with Crippen LogP contribution in [0.2, 0.25) is 5.02 Å². The summed E-state index contributed by atoms with van der Waals surface area (Å²) in [5, 5.41) is 10.9. The molecule has 0 saturated carbocycles. The average molecular weight is 280 g/mol. The number of hydrogen-bond acceptors (Lipinski definition) is 4. The lowest BCUT2D eigenvalue weighted by atomic mass is 10.00. The zero-order valence-corrected chi connectivity index (χ0v) is 11.9. The first-order valence-electron chi connectivity index (χ1n) is 5.78. The van der Waals surface area contributed by atoms with E-state index < -0.39 is 0 Å². The van der Waals surface area contributed by atoms with Crippen LogP contribution in [0.4, 0.5) is 6.01 Å². The van der Waals surface area contributed by atoms with E-state index in [2.05, 4.69) is 15.5 Å². The summed E-state index contributed by atoms with van der Waals surface area (Å²) in [4.78, 5) is 10.9. The Balaban J connectivity index is 2.47. The van der Waals surface area contributed by atoms with E-state index in [4.69, 9.17) is 16.0 Å². The molecule has 0 aliphatic heterocycles. The third-order valence-corrected chi connectivity index (χ3v) is 3.52. The summed E-state index contributed by atoms with van der Waals surface area (Å²) in [6, 6.07) is 1.99. The molecule has 1 aromatic carbocycles. The van der Waals surface area contributed by atoms with Crippen molar-refractivity contribution in [2.24, 2.45) is 0 Å². The van der Waals surface area contributed by atoms with Gasteiger partial charge < -0.3 is 4.42 Å². The quantitative estimate of drug-likeness (QED) is 0.916. The Morgan fingerprint density at radius 3 is 2.58 bits per heavy atom. The monoisotopic (exact) mass is 279 g/mol. The Morgan fingerprint density at radius 2 is 1.95 bits per heavy atom. The summed E-state index contributed by atoms with van der Waals surface area (Å²) in [6.07, 6.45) is 0. The van der Waals surface area contributed by atoms with Gasteiger partial charge in [-0.25, -0.2) is 0 Å². The van der Waals surface area contributed by atoms with Gasteiger partial charge in [0.05, 0.1) is 0 Å². The van der Waals surface area contributed by atoms with Crippen molar-refractivity contribution in [2.75, 3.05) is 5.32 Å². The normalized spacial score (nSPS) is 10.6. The van der Waals surface area contributed by atoms with Gasteiger partial charge in [0.15, 0.2) is 0 Å². The van der Waals surface area contributed by atoms with Crippen LogP contribution >= 0.6 is 11.6 Å². The van der Waals surface area contributed by atoms with Gasteiger partial charge in [-0.1, -0.05) is 16.7 Å². The van der Waals surface area contributed by atoms with Gasteiger partial charge in [0.25, 0.3) is 0 Å². The maximum atomic E-state index is 10.9. The summed E-state index contributed by atoms with van der Waals surface area (Å²) < 4.78 is 5.41. The summed E-state index contributed by atoms with van der Waals surface area (Å²) in [5.41, 5.74) is 3.73. The molecule has 2 rings (SSSR count). The number of anilines is 1. The minimum absolute atomic E-state index is 0.0900. The van der Waals surface area contributed by atoms with Crippen LogP contribution in [0.1, 0.15) is 23.6 Å². The van der Waals surface area contributed by atoms with E-state index in [1.165, 1.54) is 6.92 Å². The molecule has 1 N–H and O–H groups in total. The van der Waals surface area contributed by atoms with Gasteiger partial charge in [-0.05, 0) is 43.5 Å². The fourth-order valence-electron chi connectivity index (χ4n) is 1.81. The van der Waals surface area contributed by atoms with Crippen LogP contribution in [0.25, 0.3) is 11.5 Å². The maximum Gasteiger partial charge on any atom is 0.322 e. The van der Waals surface area contributed by atoms with Gasteiger partial charge in [0.2, 0.25) is 11.8 Å². The van der Waals surface area contributed by atoms with E-state index in [9.17, 15) is 4.79 Å². The van der Waals surface area contributed by atoms with Gasteiger partial charge in [-0.2, -0.15) is 0 Å². The highest BCUT2D eigenvalue weighted by molar-refractivity contribution is 6.32. The van der Waals surface area contributed by atoms with E-state index in [1.54, 1.807) is 0 Å². The molecular formula is C13H14ClN3O2. The summed E-state index contributed by atoms with van der Waals surface area (Å²) in [6.45, 7) is 7.19. The molecule has 0 aliphatic rings. The van der Waals surface area contributed by atoms with E-state index in [1.807, 2.05) is 26.8 Å². The van der Waals surface area contributed by atoms with Gasteiger partial charge in [0.1, 0.15) is 0 Å². The van der Waals surface area contributed by atoms with Crippen molar-refractivity contribution in [1.82, 2.24) is 10.2 Å². The van der Waals surface area contributed by atoms with Crippen LogP contribution < -0.4 is 5.32 Å². The van der Waals surface area contributed by atoms with Crippen LogP contribution in [0.15, 0.2) is 10.5 Å². The van der Waals surface area contributed by atoms with Crippen LogP contribution in [-0.2, 0) is 4.79 Å². The molecule has 0 aliphatic carbocycles. The highest BCUT2D eigenvalue weighted by Crippen LogP contribution is 2.32. The Kier molecular flexibility index (Phi) is 3.57. The molecule has 0 unspecified atom stereocenters.